The van der Waals surface area contributed by atoms with E-state index in [9.17, 15) is 14.4 Å². The lowest BCUT2D eigenvalue weighted by molar-refractivity contribution is -0.120. The summed E-state index contributed by atoms with van der Waals surface area (Å²) in [7, 11) is 0. The predicted molar refractivity (Wildman–Crippen MR) is 169 cm³/mol. The zero-order chi connectivity index (χ0) is 30.4. The van der Waals surface area contributed by atoms with Crippen molar-refractivity contribution in [1.29, 1.82) is 0 Å². The van der Waals surface area contributed by atoms with Gasteiger partial charge in [-0.2, -0.15) is 0 Å². The number of para-hydroxylation sites is 2. The molecule has 3 aliphatic heterocycles. The molecule has 4 amide bonds. The maximum atomic E-state index is 14.4. The molecule has 0 radical (unpaired) electrons. The summed E-state index contributed by atoms with van der Waals surface area (Å²) in [5, 5.41) is 4.05. The number of fused-ring (bicyclic) bond motifs is 4. The van der Waals surface area contributed by atoms with Gasteiger partial charge in [0.1, 0.15) is 12.1 Å². The monoisotopic (exact) mass is 591 g/mol. The fourth-order valence-electron chi connectivity index (χ4n) is 6.81. The van der Waals surface area contributed by atoms with Gasteiger partial charge >= 0.3 is 6.03 Å². The number of carbonyl (C=O) groups excluding carboxylic acids is 3. The highest BCUT2D eigenvalue weighted by Gasteiger charge is 2.53. The standard InChI is InChI=1S/C35H37N5O4/c1-22(2)23-11-13-24(14-12-23)32-31-27(25-7-3-5-9-28(25)37-31)21-30-34(42)40(35(43)39(30)32)29-10-6-4-8-26(29)33(41)36-15-16-38-17-19-44-20-18-38/h3-14,22,30,32,37H,15-21H2,1-2H3,(H,36,41)/t30-,32?/m0/s1. The van der Waals surface area contributed by atoms with Crippen LogP contribution in [-0.4, -0.2) is 78.1 Å². The number of urea groups is 1. The molecular weight excluding hydrogens is 554 g/mol. The normalized spacial score (nSPS) is 20.3. The van der Waals surface area contributed by atoms with Gasteiger partial charge in [0.15, 0.2) is 0 Å². The summed E-state index contributed by atoms with van der Waals surface area (Å²) in [5.74, 6) is -0.256. The molecule has 3 aromatic carbocycles. The molecule has 2 saturated heterocycles. The second-order valence-electron chi connectivity index (χ2n) is 12.1. The molecule has 0 bridgehead atoms. The number of aromatic amines is 1. The van der Waals surface area contributed by atoms with E-state index in [1.54, 1.807) is 29.2 Å². The Bertz CT molecular complexity index is 1720. The minimum atomic E-state index is -0.693. The number of hydrogen-bond acceptors (Lipinski definition) is 5. The molecule has 44 heavy (non-hydrogen) atoms. The lowest BCUT2D eigenvalue weighted by atomic mass is 9.88. The van der Waals surface area contributed by atoms with Gasteiger partial charge in [-0.25, -0.2) is 9.69 Å². The summed E-state index contributed by atoms with van der Waals surface area (Å²) < 4.78 is 5.41. The van der Waals surface area contributed by atoms with E-state index in [-0.39, 0.29) is 11.8 Å². The van der Waals surface area contributed by atoms with E-state index >= 15 is 0 Å². The van der Waals surface area contributed by atoms with Crippen LogP contribution in [0.15, 0.2) is 72.8 Å². The van der Waals surface area contributed by atoms with Crippen molar-refractivity contribution >= 4 is 34.4 Å². The number of anilines is 1. The topological polar surface area (TPSA) is 98.0 Å². The van der Waals surface area contributed by atoms with Crippen molar-refractivity contribution in [2.75, 3.05) is 44.3 Å². The van der Waals surface area contributed by atoms with Gasteiger partial charge in [0, 0.05) is 49.2 Å². The van der Waals surface area contributed by atoms with Crippen LogP contribution in [0, 0.1) is 0 Å². The molecule has 1 aromatic heterocycles. The zero-order valence-electron chi connectivity index (χ0n) is 25.1. The van der Waals surface area contributed by atoms with Crippen LogP contribution in [0.5, 0.6) is 0 Å². The third-order valence-corrected chi connectivity index (χ3v) is 9.17. The molecule has 2 N–H and O–H groups in total. The molecular formula is C35H37N5O4. The van der Waals surface area contributed by atoms with Crippen molar-refractivity contribution in [2.45, 2.75) is 38.3 Å². The average Bonchev–Trinajstić information content (AvgIpc) is 3.54. The minimum absolute atomic E-state index is 0.304. The smallest absolute Gasteiger partial charge is 0.332 e. The third-order valence-electron chi connectivity index (χ3n) is 9.17. The number of nitrogens with zero attached hydrogens (tertiary/aromatic N) is 3. The Morgan fingerprint density at radius 2 is 1.70 bits per heavy atom. The van der Waals surface area contributed by atoms with Gasteiger partial charge in [0.2, 0.25) is 0 Å². The molecule has 4 heterocycles. The molecule has 7 rings (SSSR count). The number of imide groups is 1. The molecule has 2 fully saturated rings. The summed E-state index contributed by atoms with van der Waals surface area (Å²) in [5.41, 5.74) is 5.72. The van der Waals surface area contributed by atoms with E-state index in [1.165, 1.54) is 10.5 Å². The second-order valence-corrected chi connectivity index (χ2v) is 12.1. The van der Waals surface area contributed by atoms with Crippen LogP contribution >= 0.6 is 0 Å². The molecule has 0 saturated carbocycles. The highest BCUT2D eigenvalue weighted by molar-refractivity contribution is 6.24. The summed E-state index contributed by atoms with van der Waals surface area (Å²) in [6, 6.07) is 21.7. The highest BCUT2D eigenvalue weighted by Crippen LogP contribution is 2.45. The van der Waals surface area contributed by atoms with Crippen molar-refractivity contribution in [3.63, 3.8) is 0 Å². The Kier molecular flexibility index (Phi) is 7.43. The fraction of sp³-hybridized carbons (Fsp3) is 0.343. The van der Waals surface area contributed by atoms with Crippen molar-refractivity contribution in [1.82, 2.24) is 20.1 Å². The van der Waals surface area contributed by atoms with Crippen molar-refractivity contribution in [3.05, 3.63) is 101 Å². The first-order chi connectivity index (χ1) is 21.4. The third kappa shape index (κ3) is 4.86. The number of carbonyl (C=O) groups is 3. The van der Waals surface area contributed by atoms with Crippen LogP contribution < -0.4 is 10.2 Å². The van der Waals surface area contributed by atoms with Crippen molar-refractivity contribution < 1.29 is 19.1 Å². The first-order valence-electron chi connectivity index (χ1n) is 15.5. The summed E-state index contributed by atoms with van der Waals surface area (Å²) in [6.45, 7) is 8.51. The molecule has 226 valence electrons. The summed E-state index contributed by atoms with van der Waals surface area (Å²) in [4.78, 5) is 50.8. The first-order valence-corrected chi connectivity index (χ1v) is 15.5. The number of H-pyrrole nitrogens is 1. The number of hydrogen-bond donors (Lipinski definition) is 2. The SMILES string of the molecule is CC(C)c1ccc(C2c3[nH]c4ccccc4c3C[C@H]3C(=O)N(c4ccccc4C(=O)NCCN4CCOCC4)C(=O)N23)cc1. The van der Waals surface area contributed by atoms with E-state index < -0.39 is 18.1 Å². The number of morpholine rings is 1. The van der Waals surface area contributed by atoms with Crippen LogP contribution in [0.25, 0.3) is 10.9 Å². The molecule has 0 spiro atoms. The minimum Gasteiger partial charge on any atom is -0.379 e. The van der Waals surface area contributed by atoms with Gasteiger partial charge in [0.25, 0.3) is 11.8 Å². The Balaban J connectivity index is 1.23. The predicted octanol–water partition coefficient (Wildman–Crippen LogP) is 4.84. The number of benzene rings is 3. The molecule has 4 aromatic rings. The van der Waals surface area contributed by atoms with Gasteiger partial charge in [-0.05, 0) is 40.8 Å². The molecule has 2 atom stereocenters. The molecule has 1 unspecified atom stereocenters. The lowest BCUT2D eigenvalue weighted by Gasteiger charge is -2.36. The van der Waals surface area contributed by atoms with Crippen LogP contribution in [0.3, 0.4) is 0 Å². The van der Waals surface area contributed by atoms with E-state index in [1.807, 2.05) is 18.2 Å². The van der Waals surface area contributed by atoms with Crippen LogP contribution in [0.1, 0.15) is 58.5 Å². The Hall–Kier alpha value is -4.47. The maximum Gasteiger partial charge on any atom is 0.332 e. The van der Waals surface area contributed by atoms with E-state index in [2.05, 4.69) is 59.4 Å². The molecule has 9 nitrogen and oxygen atoms in total. The first kappa shape index (κ1) is 28.3. The molecule has 9 heteroatoms. The van der Waals surface area contributed by atoms with Crippen molar-refractivity contribution in [3.8, 4) is 0 Å². The Labute approximate surface area is 256 Å². The summed E-state index contributed by atoms with van der Waals surface area (Å²) >= 11 is 0. The van der Waals surface area contributed by atoms with Gasteiger partial charge in [-0.15, -0.1) is 0 Å². The average molecular weight is 592 g/mol. The van der Waals surface area contributed by atoms with E-state index in [0.717, 1.165) is 40.8 Å². The quantitative estimate of drug-likeness (QED) is 0.300. The number of ether oxygens (including phenoxy) is 1. The number of aromatic nitrogens is 1. The van der Waals surface area contributed by atoms with Gasteiger partial charge in [-0.3, -0.25) is 19.4 Å². The number of amides is 4. The van der Waals surface area contributed by atoms with Gasteiger partial charge < -0.3 is 15.0 Å². The molecule has 3 aliphatic rings. The lowest BCUT2D eigenvalue weighted by Crippen LogP contribution is -2.44. The zero-order valence-corrected chi connectivity index (χ0v) is 25.1. The largest absolute Gasteiger partial charge is 0.379 e. The number of nitrogens with one attached hydrogen (secondary N) is 2. The fourth-order valence-corrected chi connectivity index (χ4v) is 6.81. The Morgan fingerprint density at radius 1 is 0.977 bits per heavy atom. The highest BCUT2D eigenvalue weighted by atomic mass is 16.5. The van der Waals surface area contributed by atoms with Gasteiger partial charge in [0.05, 0.1) is 24.5 Å². The van der Waals surface area contributed by atoms with E-state index in [4.69, 9.17) is 4.74 Å². The van der Waals surface area contributed by atoms with Gasteiger partial charge in [-0.1, -0.05) is 68.4 Å². The van der Waals surface area contributed by atoms with Crippen molar-refractivity contribution in [2.24, 2.45) is 0 Å². The van der Waals surface area contributed by atoms with Crippen LogP contribution in [0.4, 0.5) is 10.5 Å². The number of rotatable bonds is 7. The van der Waals surface area contributed by atoms with E-state index in [0.29, 0.717) is 49.9 Å². The Morgan fingerprint density at radius 3 is 2.48 bits per heavy atom. The maximum absolute atomic E-state index is 14.4. The summed E-state index contributed by atoms with van der Waals surface area (Å²) in [6.07, 6.45) is 0.398. The van der Waals surface area contributed by atoms with Crippen LogP contribution in [0.2, 0.25) is 0 Å². The second kappa shape index (κ2) is 11.6. The van der Waals surface area contributed by atoms with Crippen LogP contribution in [-0.2, 0) is 16.0 Å². The molecule has 0 aliphatic carbocycles.